The molecule has 0 saturated carbocycles. The third-order valence-corrected chi connectivity index (χ3v) is 3.72. The van der Waals surface area contributed by atoms with Gasteiger partial charge in [-0.25, -0.2) is 13.8 Å². The number of aromatic nitrogens is 2. The summed E-state index contributed by atoms with van der Waals surface area (Å²) >= 11 is 0. The quantitative estimate of drug-likeness (QED) is 0.804. The second kappa shape index (κ2) is 8.19. The fourth-order valence-electron chi connectivity index (χ4n) is 2.78. The van der Waals surface area contributed by atoms with Crippen LogP contribution in [0.5, 0.6) is 5.88 Å². The van der Waals surface area contributed by atoms with Gasteiger partial charge in [0, 0.05) is 23.5 Å². The van der Waals surface area contributed by atoms with E-state index in [1.54, 1.807) is 12.1 Å². The van der Waals surface area contributed by atoms with E-state index in [4.69, 9.17) is 10.5 Å². The SMILES string of the molecule is CC(C)CC(C)(N)COc1ncc(-c2ccnc(C(F)F)c2)cc1C#N. The molecule has 7 heteroatoms. The summed E-state index contributed by atoms with van der Waals surface area (Å²) in [5.74, 6) is 0.593. The number of hydrogen-bond acceptors (Lipinski definition) is 5. The normalized spacial score (nSPS) is 13.5. The monoisotopic (exact) mass is 360 g/mol. The van der Waals surface area contributed by atoms with E-state index in [1.165, 1.54) is 18.5 Å². The molecule has 0 aliphatic rings. The summed E-state index contributed by atoms with van der Waals surface area (Å²) in [7, 11) is 0. The van der Waals surface area contributed by atoms with Crippen molar-refractivity contribution in [1.82, 2.24) is 9.97 Å². The molecule has 0 aromatic carbocycles. The van der Waals surface area contributed by atoms with Crippen LogP contribution in [0.4, 0.5) is 8.78 Å². The first kappa shape index (κ1) is 19.7. The number of halogens is 2. The number of nitrogens with two attached hydrogens (primary N) is 1. The zero-order valence-electron chi connectivity index (χ0n) is 15.0. The van der Waals surface area contributed by atoms with E-state index in [-0.39, 0.29) is 23.7 Å². The zero-order valence-corrected chi connectivity index (χ0v) is 15.0. The number of hydrogen-bond donors (Lipinski definition) is 1. The van der Waals surface area contributed by atoms with Gasteiger partial charge in [-0.2, -0.15) is 5.26 Å². The lowest BCUT2D eigenvalue weighted by molar-refractivity contribution is 0.146. The lowest BCUT2D eigenvalue weighted by Crippen LogP contribution is -2.43. The topological polar surface area (TPSA) is 84.8 Å². The van der Waals surface area contributed by atoms with Crippen LogP contribution >= 0.6 is 0 Å². The summed E-state index contributed by atoms with van der Waals surface area (Å²) in [6.07, 6.45) is 0.889. The number of pyridine rings is 2. The molecule has 0 amide bonds. The maximum atomic E-state index is 12.8. The molecule has 1 atom stereocenters. The van der Waals surface area contributed by atoms with E-state index in [9.17, 15) is 14.0 Å². The Balaban J connectivity index is 2.23. The van der Waals surface area contributed by atoms with Gasteiger partial charge in [-0.05, 0) is 43.0 Å². The van der Waals surface area contributed by atoms with Crippen LogP contribution in [0, 0.1) is 17.2 Å². The second-order valence-electron chi connectivity index (χ2n) is 7.00. The Labute approximate surface area is 151 Å². The van der Waals surface area contributed by atoms with Crippen LogP contribution in [0.3, 0.4) is 0 Å². The highest BCUT2D eigenvalue weighted by atomic mass is 19.3. The van der Waals surface area contributed by atoms with Crippen molar-refractivity contribution < 1.29 is 13.5 Å². The molecule has 2 aromatic rings. The Morgan fingerprint density at radius 2 is 2.00 bits per heavy atom. The molecular formula is C19H22F2N4O. The molecule has 0 aliphatic carbocycles. The molecule has 0 spiro atoms. The molecule has 0 bridgehead atoms. The molecule has 2 N–H and O–H groups in total. The molecule has 2 aromatic heterocycles. The predicted octanol–water partition coefficient (Wildman–Crippen LogP) is 4.10. The fourth-order valence-corrected chi connectivity index (χ4v) is 2.78. The Kier molecular flexibility index (Phi) is 6.22. The molecule has 138 valence electrons. The third-order valence-electron chi connectivity index (χ3n) is 3.72. The third kappa shape index (κ3) is 5.20. The molecule has 2 rings (SSSR count). The molecule has 26 heavy (non-hydrogen) atoms. The van der Waals surface area contributed by atoms with E-state index in [2.05, 4.69) is 23.8 Å². The molecule has 0 saturated heterocycles. The van der Waals surface area contributed by atoms with Gasteiger partial charge in [0.05, 0.1) is 0 Å². The minimum Gasteiger partial charge on any atom is -0.475 e. The van der Waals surface area contributed by atoms with Gasteiger partial charge in [0.1, 0.15) is 23.9 Å². The Morgan fingerprint density at radius 3 is 2.62 bits per heavy atom. The highest BCUT2D eigenvalue weighted by Gasteiger charge is 2.22. The summed E-state index contributed by atoms with van der Waals surface area (Å²) in [4.78, 5) is 7.80. The highest BCUT2D eigenvalue weighted by molar-refractivity contribution is 5.65. The smallest absolute Gasteiger partial charge is 0.280 e. The fraction of sp³-hybridized carbons (Fsp3) is 0.421. The predicted molar refractivity (Wildman–Crippen MR) is 94.7 cm³/mol. The summed E-state index contributed by atoms with van der Waals surface area (Å²) in [6, 6.07) is 6.45. The largest absolute Gasteiger partial charge is 0.475 e. The van der Waals surface area contributed by atoms with Crippen molar-refractivity contribution >= 4 is 0 Å². The minimum atomic E-state index is -2.66. The number of rotatable bonds is 7. The minimum absolute atomic E-state index is 0.180. The summed E-state index contributed by atoms with van der Waals surface area (Å²) in [6.45, 7) is 6.25. The van der Waals surface area contributed by atoms with Crippen molar-refractivity contribution in [1.29, 1.82) is 5.26 Å². The van der Waals surface area contributed by atoms with Crippen molar-refractivity contribution in [2.24, 2.45) is 11.7 Å². The van der Waals surface area contributed by atoms with Crippen molar-refractivity contribution in [2.75, 3.05) is 6.61 Å². The summed E-state index contributed by atoms with van der Waals surface area (Å²) in [5.41, 5.74) is 6.61. The molecule has 5 nitrogen and oxygen atoms in total. The lowest BCUT2D eigenvalue weighted by atomic mass is 9.93. The number of alkyl halides is 2. The first-order valence-corrected chi connectivity index (χ1v) is 8.28. The first-order chi connectivity index (χ1) is 12.2. The van der Waals surface area contributed by atoms with Gasteiger partial charge in [0.15, 0.2) is 0 Å². The van der Waals surface area contributed by atoms with Crippen molar-refractivity contribution in [3.05, 3.63) is 41.9 Å². The molecular weight excluding hydrogens is 338 g/mol. The number of ether oxygens (including phenoxy) is 1. The van der Waals surface area contributed by atoms with Crippen molar-refractivity contribution in [3.63, 3.8) is 0 Å². The Bertz CT molecular complexity index is 800. The average Bonchev–Trinajstić information content (AvgIpc) is 2.59. The maximum absolute atomic E-state index is 12.8. The van der Waals surface area contributed by atoms with Crippen LogP contribution < -0.4 is 10.5 Å². The van der Waals surface area contributed by atoms with Crippen LogP contribution in [0.1, 0.15) is 44.9 Å². The van der Waals surface area contributed by atoms with Crippen LogP contribution in [0.2, 0.25) is 0 Å². The van der Waals surface area contributed by atoms with E-state index in [1.807, 2.05) is 13.0 Å². The molecule has 0 fully saturated rings. The van der Waals surface area contributed by atoms with E-state index in [0.29, 0.717) is 17.0 Å². The summed E-state index contributed by atoms with van der Waals surface area (Å²) < 4.78 is 31.3. The van der Waals surface area contributed by atoms with E-state index in [0.717, 1.165) is 6.42 Å². The van der Waals surface area contributed by atoms with Crippen molar-refractivity contribution in [3.8, 4) is 23.1 Å². The van der Waals surface area contributed by atoms with Crippen LogP contribution in [0.25, 0.3) is 11.1 Å². The first-order valence-electron chi connectivity index (χ1n) is 8.28. The van der Waals surface area contributed by atoms with Crippen LogP contribution in [-0.2, 0) is 0 Å². The van der Waals surface area contributed by atoms with Crippen LogP contribution in [0.15, 0.2) is 30.6 Å². The van der Waals surface area contributed by atoms with Gasteiger partial charge < -0.3 is 10.5 Å². The van der Waals surface area contributed by atoms with Crippen molar-refractivity contribution in [2.45, 2.75) is 39.2 Å². The zero-order chi connectivity index (χ0) is 19.3. The molecule has 0 radical (unpaired) electrons. The standard InChI is InChI=1S/C19H22F2N4O/c1-12(2)8-19(3,23)11-26-18-14(9-22)6-15(10-25-18)13-4-5-24-16(7-13)17(20)21/h4-7,10,12,17H,8,11,23H2,1-3H3. The van der Waals surface area contributed by atoms with Gasteiger partial charge in [-0.15, -0.1) is 0 Å². The Hall–Kier alpha value is -2.59. The molecule has 1 unspecified atom stereocenters. The summed E-state index contributed by atoms with van der Waals surface area (Å²) in [5, 5.41) is 9.37. The number of nitrogens with zero attached hydrogens (tertiary/aromatic N) is 3. The van der Waals surface area contributed by atoms with Gasteiger partial charge in [0.25, 0.3) is 6.43 Å². The van der Waals surface area contributed by atoms with E-state index < -0.39 is 12.0 Å². The Morgan fingerprint density at radius 1 is 1.27 bits per heavy atom. The van der Waals surface area contributed by atoms with E-state index >= 15 is 0 Å². The second-order valence-corrected chi connectivity index (χ2v) is 7.00. The molecule has 0 aliphatic heterocycles. The van der Waals surface area contributed by atoms with Gasteiger partial charge in [-0.3, -0.25) is 4.98 Å². The number of nitriles is 1. The van der Waals surface area contributed by atoms with Crippen LogP contribution in [-0.4, -0.2) is 22.1 Å². The maximum Gasteiger partial charge on any atom is 0.280 e. The lowest BCUT2D eigenvalue weighted by Gasteiger charge is -2.26. The molecule has 2 heterocycles. The van der Waals surface area contributed by atoms with Gasteiger partial charge >= 0.3 is 0 Å². The highest BCUT2D eigenvalue weighted by Crippen LogP contribution is 2.27. The van der Waals surface area contributed by atoms with Gasteiger partial charge in [-0.1, -0.05) is 13.8 Å². The van der Waals surface area contributed by atoms with Gasteiger partial charge in [0.2, 0.25) is 5.88 Å². The average molecular weight is 360 g/mol.